The second-order valence-electron chi connectivity index (χ2n) is 5.00. The first-order valence-corrected chi connectivity index (χ1v) is 8.11. The molecule has 0 radical (unpaired) electrons. The van der Waals surface area contributed by atoms with Crippen LogP contribution in [0, 0.1) is 5.92 Å². The molecule has 5 nitrogen and oxygen atoms in total. The van der Waals surface area contributed by atoms with Crippen molar-refractivity contribution in [1.82, 2.24) is 9.80 Å². The van der Waals surface area contributed by atoms with Crippen LogP contribution >= 0.6 is 39.7 Å². The van der Waals surface area contributed by atoms with E-state index < -0.39 is 0 Å². The summed E-state index contributed by atoms with van der Waals surface area (Å²) >= 11 is 4.70. The highest BCUT2D eigenvalue weighted by molar-refractivity contribution is 9.11. The van der Waals surface area contributed by atoms with E-state index in [1.54, 1.807) is 18.0 Å². The number of likely N-dealkylation sites (tertiary alicyclic amines) is 1. The number of nitrogens with two attached hydrogens (primary N) is 1. The van der Waals surface area contributed by atoms with Gasteiger partial charge < -0.3 is 15.5 Å². The molecule has 1 saturated heterocycles. The molecule has 118 valence electrons. The van der Waals surface area contributed by atoms with Crippen molar-refractivity contribution in [2.75, 3.05) is 33.2 Å². The smallest absolute Gasteiger partial charge is 0.264 e. The molecule has 2 N–H and O–H groups in total. The second-order valence-corrected chi connectivity index (χ2v) is 7.46. The molecule has 1 aliphatic heterocycles. The van der Waals surface area contributed by atoms with Gasteiger partial charge in [-0.05, 0) is 46.9 Å². The van der Waals surface area contributed by atoms with Crippen LogP contribution in [0.2, 0.25) is 0 Å². The zero-order chi connectivity index (χ0) is 14.7. The summed E-state index contributed by atoms with van der Waals surface area (Å²) in [4.78, 5) is 28.2. The minimum atomic E-state index is -0.122. The first-order valence-electron chi connectivity index (χ1n) is 6.50. The second kappa shape index (κ2) is 8.12. The number of hydrogen-bond acceptors (Lipinski definition) is 4. The first kappa shape index (κ1) is 18.4. The highest BCUT2D eigenvalue weighted by atomic mass is 79.9. The van der Waals surface area contributed by atoms with E-state index in [2.05, 4.69) is 15.9 Å². The van der Waals surface area contributed by atoms with Crippen LogP contribution in [0.1, 0.15) is 16.1 Å². The van der Waals surface area contributed by atoms with Crippen LogP contribution in [0.15, 0.2) is 15.9 Å². The molecule has 0 aliphatic carbocycles. The van der Waals surface area contributed by atoms with Crippen molar-refractivity contribution in [2.24, 2.45) is 11.7 Å². The molecule has 2 amide bonds. The van der Waals surface area contributed by atoms with Gasteiger partial charge in [0.2, 0.25) is 5.91 Å². The van der Waals surface area contributed by atoms with Gasteiger partial charge in [0.05, 0.1) is 15.2 Å². The highest BCUT2D eigenvalue weighted by Crippen LogP contribution is 2.23. The van der Waals surface area contributed by atoms with Gasteiger partial charge in [0, 0.05) is 20.1 Å². The Kier molecular flexibility index (Phi) is 7.12. The Balaban J connectivity index is 0.00000220. The molecule has 8 heteroatoms. The first-order chi connectivity index (χ1) is 9.51. The van der Waals surface area contributed by atoms with Gasteiger partial charge in [-0.15, -0.1) is 23.7 Å². The molecule has 1 aromatic heterocycles. The molecule has 1 atom stereocenters. The number of thiophene rings is 1. The minimum Gasteiger partial charge on any atom is -0.341 e. The van der Waals surface area contributed by atoms with E-state index in [1.807, 2.05) is 6.07 Å². The maximum absolute atomic E-state index is 12.2. The largest absolute Gasteiger partial charge is 0.341 e. The van der Waals surface area contributed by atoms with Crippen molar-refractivity contribution < 1.29 is 9.59 Å². The van der Waals surface area contributed by atoms with Gasteiger partial charge in [-0.1, -0.05) is 0 Å². The molecule has 1 aromatic rings. The fourth-order valence-electron chi connectivity index (χ4n) is 2.24. The van der Waals surface area contributed by atoms with Gasteiger partial charge >= 0.3 is 0 Å². The molecular weight excluding hydrogens is 378 g/mol. The molecule has 0 saturated carbocycles. The van der Waals surface area contributed by atoms with Crippen molar-refractivity contribution >= 4 is 51.5 Å². The van der Waals surface area contributed by atoms with E-state index in [0.717, 1.165) is 16.8 Å². The molecule has 0 bridgehead atoms. The third kappa shape index (κ3) is 4.67. The fourth-order valence-corrected chi connectivity index (χ4v) is 3.62. The molecule has 1 aliphatic rings. The summed E-state index contributed by atoms with van der Waals surface area (Å²) in [6, 6.07) is 3.60. The number of likely N-dealkylation sites (N-methyl/N-ethyl adjacent to an activating group) is 1. The van der Waals surface area contributed by atoms with Crippen molar-refractivity contribution in [2.45, 2.75) is 6.42 Å². The highest BCUT2D eigenvalue weighted by Gasteiger charge is 2.27. The molecule has 1 unspecified atom stereocenters. The van der Waals surface area contributed by atoms with Crippen molar-refractivity contribution in [3.8, 4) is 0 Å². The summed E-state index contributed by atoms with van der Waals surface area (Å²) in [6.45, 7) is 2.18. The van der Waals surface area contributed by atoms with Crippen LogP contribution in [0.5, 0.6) is 0 Å². The molecule has 1 fully saturated rings. The van der Waals surface area contributed by atoms with E-state index in [0.29, 0.717) is 23.9 Å². The Morgan fingerprint density at radius 2 is 2.24 bits per heavy atom. The van der Waals surface area contributed by atoms with Gasteiger partial charge in [0.15, 0.2) is 0 Å². The Morgan fingerprint density at radius 1 is 1.52 bits per heavy atom. The van der Waals surface area contributed by atoms with Gasteiger partial charge in [-0.25, -0.2) is 0 Å². The Morgan fingerprint density at radius 3 is 2.76 bits per heavy atom. The Bertz CT molecular complexity index is 511. The summed E-state index contributed by atoms with van der Waals surface area (Å²) in [5.41, 5.74) is 5.62. The molecule has 21 heavy (non-hydrogen) atoms. The van der Waals surface area contributed by atoms with Gasteiger partial charge in [-0.2, -0.15) is 0 Å². The zero-order valence-electron chi connectivity index (χ0n) is 11.8. The Labute approximate surface area is 143 Å². The normalized spacial score (nSPS) is 17.5. The predicted molar refractivity (Wildman–Crippen MR) is 90.0 cm³/mol. The topological polar surface area (TPSA) is 66.6 Å². The number of hydrogen-bond donors (Lipinski definition) is 1. The number of carbonyl (C=O) groups excluding carboxylic acids is 2. The van der Waals surface area contributed by atoms with E-state index in [4.69, 9.17) is 5.73 Å². The third-order valence-electron chi connectivity index (χ3n) is 3.48. The maximum Gasteiger partial charge on any atom is 0.264 e. The molecule has 0 spiro atoms. The van der Waals surface area contributed by atoms with Crippen LogP contribution < -0.4 is 5.73 Å². The molecular formula is C13H19BrClN3O2S. The van der Waals surface area contributed by atoms with Crippen LogP contribution in [-0.2, 0) is 4.79 Å². The van der Waals surface area contributed by atoms with E-state index >= 15 is 0 Å². The SMILES string of the molecule is CN(CC(=O)N1CCC(CN)C1)C(=O)c1ccc(Br)s1.Cl. The van der Waals surface area contributed by atoms with Gasteiger partial charge in [-0.3, -0.25) is 9.59 Å². The van der Waals surface area contributed by atoms with Crippen LogP contribution in [-0.4, -0.2) is 54.8 Å². The summed E-state index contributed by atoms with van der Waals surface area (Å²) < 4.78 is 0.908. The van der Waals surface area contributed by atoms with Crippen LogP contribution in [0.3, 0.4) is 0 Å². The fraction of sp³-hybridized carbons (Fsp3) is 0.538. The lowest BCUT2D eigenvalue weighted by Gasteiger charge is -2.21. The van der Waals surface area contributed by atoms with Gasteiger partial charge in [0.25, 0.3) is 5.91 Å². The standard InChI is InChI=1S/C13H18BrN3O2S.ClH/c1-16(13(19)10-2-3-11(14)20-10)8-12(18)17-5-4-9(6-15)7-17;/h2-3,9H,4-8,15H2,1H3;1H. The molecule has 2 rings (SSSR count). The van der Waals surface area contributed by atoms with E-state index in [9.17, 15) is 9.59 Å². The lowest BCUT2D eigenvalue weighted by atomic mass is 10.1. The quantitative estimate of drug-likeness (QED) is 0.844. The lowest BCUT2D eigenvalue weighted by molar-refractivity contribution is -0.130. The lowest BCUT2D eigenvalue weighted by Crippen LogP contribution is -2.40. The summed E-state index contributed by atoms with van der Waals surface area (Å²) in [7, 11) is 1.66. The number of nitrogens with zero attached hydrogens (tertiary/aromatic N) is 2. The number of halogens is 2. The number of carbonyl (C=O) groups is 2. The molecule has 0 aromatic carbocycles. The minimum absolute atomic E-state index is 0. The Hall–Kier alpha value is -0.630. The third-order valence-corrected chi connectivity index (χ3v) is 5.09. The molecule has 2 heterocycles. The monoisotopic (exact) mass is 395 g/mol. The summed E-state index contributed by atoms with van der Waals surface area (Å²) in [6.07, 6.45) is 0.956. The van der Waals surface area contributed by atoms with Crippen LogP contribution in [0.4, 0.5) is 0 Å². The van der Waals surface area contributed by atoms with Gasteiger partial charge in [0.1, 0.15) is 0 Å². The predicted octanol–water partition coefficient (Wildman–Crippen LogP) is 1.81. The van der Waals surface area contributed by atoms with Crippen LogP contribution in [0.25, 0.3) is 0 Å². The number of amides is 2. The zero-order valence-corrected chi connectivity index (χ0v) is 15.0. The van der Waals surface area contributed by atoms with Crippen molar-refractivity contribution in [3.63, 3.8) is 0 Å². The van der Waals surface area contributed by atoms with Crippen molar-refractivity contribution in [1.29, 1.82) is 0 Å². The van der Waals surface area contributed by atoms with Crippen molar-refractivity contribution in [3.05, 3.63) is 20.8 Å². The summed E-state index contributed by atoms with van der Waals surface area (Å²) in [5, 5.41) is 0. The average molecular weight is 397 g/mol. The maximum atomic E-state index is 12.2. The summed E-state index contributed by atoms with van der Waals surface area (Å²) in [5.74, 6) is 0.268. The number of rotatable bonds is 4. The average Bonchev–Trinajstić information content (AvgIpc) is 3.06. The van der Waals surface area contributed by atoms with E-state index in [-0.39, 0.29) is 30.8 Å². The van der Waals surface area contributed by atoms with E-state index in [1.165, 1.54) is 16.2 Å².